The van der Waals surface area contributed by atoms with Crippen LogP contribution < -0.4 is 21.7 Å². The molecule has 1 aromatic heterocycles. The molecule has 2 aromatic carbocycles. The minimum Gasteiger partial charge on any atom is -0.441 e. The number of alkyl carbamates (subject to hydrolysis) is 1. The van der Waals surface area contributed by atoms with E-state index in [4.69, 9.17) is 10.5 Å². The first-order valence-electron chi connectivity index (χ1n) is 11.4. The quantitative estimate of drug-likeness (QED) is 0.397. The Morgan fingerprint density at radius 3 is 2.59 bits per heavy atom. The van der Waals surface area contributed by atoms with Gasteiger partial charge < -0.3 is 26.4 Å². The van der Waals surface area contributed by atoms with Crippen LogP contribution in [0.4, 0.5) is 16.2 Å². The molecule has 0 spiro atoms. The van der Waals surface area contributed by atoms with Gasteiger partial charge in [-0.2, -0.15) is 0 Å². The van der Waals surface area contributed by atoms with Gasteiger partial charge in [0.2, 0.25) is 0 Å². The Balaban J connectivity index is 1.41. The van der Waals surface area contributed by atoms with Crippen molar-refractivity contribution in [2.24, 2.45) is 0 Å². The van der Waals surface area contributed by atoms with Crippen LogP contribution in [0.2, 0.25) is 0 Å². The Hall–Kier alpha value is -3.91. The number of carbonyl (C=O) groups is 2. The van der Waals surface area contributed by atoms with Gasteiger partial charge in [0.25, 0.3) is 5.91 Å². The SMILES string of the molecule is CC[C@H](OC(=O)N[C@@]1(c2cccnc2)CCNC1)c1ccc(C(=O)Nc2ccccc2N)cc1. The van der Waals surface area contributed by atoms with Gasteiger partial charge in [-0.05, 0) is 60.8 Å². The van der Waals surface area contributed by atoms with E-state index in [0.717, 1.165) is 24.1 Å². The van der Waals surface area contributed by atoms with Crippen LogP contribution in [0.5, 0.6) is 0 Å². The second kappa shape index (κ2) is 10.4. The lowest BCUT2D eigenvalue weighted by Gasteiger charge is -2.30. The smallest absolute Gasteiger partial charge is 0.408 e. The number of nitrogen functional groups attached to an aromatic ring is 1. The summed E-state index contributed by atoms with van der Waals surface area (Å²) in [6.45, 7) is 3.36. The fraction of sp³-hybridized carbons (Fsp3) is 0.269. The molecule has 8 heteroatoms. The molecule has 0 radical (unpaired) electrons. The van der Waals surface area contributed by atoms with E-state index >= 15 is 0 Å². The molecular formula is C26H29N5O3. The van der Waals surface area contributed by atoms with E-state index < -0.39 is 17.7 Å². The van der Waals surface area contributed by atoms with Crippen molar-refractivity contribution < 1.29 is 14.3 Å². The van der Waals surface area contributed by atoms with Gasteiger partial charge in [0.1, 0.15) is 6.10 Å². The Kier molecular flexibility index (Phi) is 7.08. The van der Waals surface area contributed by atoms with Gasteiger partial charge >= 0.3 is 6.09 Å². The first-order chi connectivity index (χ1) is 16.5. The Labute approximate surface area is 198 Å². The van der Waals surface area contributed by atoms with Gasteiger partial charge in [0, 0.05) is 24.5 Å². The zero-order chi connectivity index (χ0) is 24.0. The number of rotatable bonds is 7. The number of nitrogens with two attached hydrogens (primary N) is 1. The van der Waals surface area contributed by atoms with Crippen LogP contribution in [0, 0.1) is 0 Å². The van der Waals surface area contributed by atoms with E-state index in [1.54, 1.807) is 48.8 Å². The van der Waals surface area contributed by atoms with Crippen molar-refractivity contribution in [1.29, 1.82) is 0 Å². The number of nitrogens with zero attached hydrogens (tertiary/aromatic N) is 1. The molecule has 1 fully saturated rings. The third-order valence-electron chi connectivity index (χ3n) is 6.08. The van der Waals surface area contributed by atoms with Crippen LogP contribution in [-0.2, 0) is 10.3 Å². The fourth-order valence-electron chi connectivity index (χ4n) is 4.16. The number of hydrogen-bond donors (Lipinski definition) is 4. The van der Waals surface area contributed by atoms with Crippen molar-refractivity contribution in [3.8, 4) is 0 Å². The maximum Gasteiger partial charge on any atom is 0.408 e. The second-order valence-electron chi connectivity index (χ2n) is 8.34. The largest absolute Gasteiger partial charge is 0.441 e. The van der Waals surface area contributed by atoms with E-state index in [2.05, 4.69) is 20.9 Å². The van der Waals surface area contributed by atoms with Crippen molar-refractivity contribution in [3.05, 3.63) is 89.7 Å². The highest BCUT2D eigenvalue weighted by molar-refractivity contribution is 6.05. The van der Waals surface area contributed by atoms with E-state index in [-0.39, 0.29) is 5.91 Å². The fourth-order valence-corrected chi connectivity index (χ4v) is 4.16. The summed E-state index contributed by atoms with van der Waals surface area (Å²) in [5, 5.41) is 9.19. The predicted octanol–water partition coefficient (Wildman–Crippen LogP) is 3.98. The molecule has 0 saturated carbocycles. The number of ether oxygens (including phenoxy) is 1. The third-order valence-corrected chi connectivity index (χ3v) is 6.08. The molecule has 4 rings (SSSR count). The summed E-state index contributed by atoms with van der Waals surface area (Å²) in [6, 6.07) is 18.0. The van der Waals surface area contributed by atoms with Crippen LogP contribution in [0.15, 0.2) is 73.1 Å². The maximum absolute atomic E-state index is 12.9. The van der Waals surface area contributed by atoms with Gasteiger partial charge in [-0.25, -0.2) is 4.79 Å². The summed E-state index contributed by atoms with van der Waals surface area (Å²) in [5.41, 5.74) is 8.66. The first-order valence-corrected chi connectivity index (χ1v) is 11.4. The normalized spacial score (nSPS) is 18.1. The van der Waals surface area contributed by atoms with Crippen molar-refractivity contribution in [2.45, 2.75) is 31.4 Å². The highest BCUT2D eigenvalue weighted by Gasteiger charge is 2.38. The molecule has 8 nitrogen and oxygen atoms in total. The number of carbonyl (C=O) groups excluding carboxylic acids is 2. The highest BCUT2D eigenvalue weighted by atomic mass is 16.6. The van der Waals surface area contributed by atoms with E-state index in [0.29, 0.717) is 29.9 Å². The number of amides is 2. The lowest BCUT2D eigenvalue weighted by atomic mass is 9.90. The topological polar surface area (TPSA) is 118 Å². The van der Waals surface area contributed by atoms with Crippen molar-refractivity contribution >= 4 is 23.4 Å². The summed E-state index contributed by atoms with van der Waals surface area (Å²) in [4.78, 5) is 29.7. The highest BCUT2D eigenvalue weighted by Crippen LogP contribution is 2.29. The molecule has 0 aliphatic carbocycles. The summed E-state index contributed by atoms with van der Waals surface area (Å²) in [7, 11) is 0. The molecule has 3 aromatic rings. The van der Waals surface area contributed by atoms with Gasteiger partial charge in [0.05, 0.1) is 16.9 Å². The number of hydrogen-bond acceptors (Lipinski definition) is 6. The van der Waals surface area contributed by atoms with Gasteiger partial charge in [-0.15, -0.1) is 0 Å². The zero-order valence-corrected chi connectivity index (χ0v) is 19.1. The summed E-state index contributed by atoms with van der Waals surface area (Å²) in [6.07, 6.45) is 3.90. The van der Waals surface area contributed by atoms with Crippen LogP contribution in [-0.4, -0.2) is 30.1 Å². The molecule has 34 heavy (non-hydrogen) atoms. The minimum absolute atomic E-state index is 0.261. The van der Waals surface area contributed by atoms with Gasteiger partial charge in [0.15, 0.2) is 0 Å². The number of benzene rings is 2. The van der Waals surface area contributed by atoms with E-state index in [1.165, 1.54) is 0 Å². The van der Waals surface area contributed by atoms with Crippen LogP contribution in [0.25, 0.3) is 0 Å². The third kappa shape index (κ3) is 5.18. The Morgan fingerprint density at radius 2 is 1.94 bits per heavy atom. The second-order valence-corrected chi connectivity index (χ2v) is 8.34. The predicted molar refractivity (Wildman–Crippen MR) is 131 cm³/mol. The molecule has 176 valence electrons. The number of nitrogens with one attached hydrogen (secondary N) is 3. The standard InChI is InChI=1S/C26H29N5O3/c1-2-23(34-25(33)31-26(13-15-29-17-26)20-6-5-14-28-16-20)18-9-11-19(12-10-18)24(32)30-22-8-4-3-7-21(22)27/h3-12,14,16,23,29H,2,13,15,17,27H2,1H3,(H,30,32)(H,31,33)/t23-,26-/m0/s1. The average Bonchev–Trinajstić information content (AvgIpc) is 3.34. The maximum atomic E-state index is 12.9. The van der Waals surface area contributed by atoms with Gasteiger partial charge in [-0.1, -0.05) is 37.3 Å². The monoisotopic (exact) mass is 459 g/mol. The number of pyridine rings is 1. The minimum atomic E-state index is -0.551. The molecule has 1 aliphatic heterocycles. The van der Waals surface area contributed by atoms with Gasteiger partial charge in [-0.3, -0.25) is 9.78 Å². The molecule has 5 N–H and O–H groups in total. The van der Waals surface area contributed by atoms with Crippen LogP contribution in [0.3, 0.4) is 0 Å². The number of aromatic nitrogens is 1. The van der Waals surface area contributed by atoms with E-state index in [1.807, 2.05) is 31.2 Å². The Bertz CT molecular complexity index is 1130. The molecule has 2 amide bonds. The zero-order valence-electron chi connectivity index (χ0n) is 19.1. The first kappa shape index (κ1) is 23.3. The lowest BCUT2D eigenvalue weighted by Crippen LogP contribution is -2.48. The Morgan fingerprint density at radius 1 is 1.15 bits per heavy atom. The molecule has 2 atom stereocenters. The average molecular weight is 460 g/mol. The van der Waals surface area contributed by atoms with Crippen molar-refractivity contribution in [1.82, 2.24) is 15.6 Å². The summed E-state index contributed by atoms with van der Waals surface area (Å²) >= 11 is 0. The molecule has 0 bridgehead atoms. The summed E-state index contributed by atoms with van der Waals surface area (Å²) in [5.74, 6) is -0.261. The van der Waals surface area contributed by atoms with Crippen molar-refractivity contribution in [2.75, 3.05) is 24.1 Å². The lowest BCUT2D eigenvalue weighted by molar-refractivity contribution is 0.0860. The molecular weight excluding hydrogens is 430 g/mol. The molecule has 2 heterocycles. The molecule has 1 aliphatic rings. The van der Waals surface area contributed by atoms with Crippen LogP contribution >= 0.6 is 0 Å². The van der Waals surface area contributed by atoms with Crippen molar-refractivity contribution in [3.63, 3.8) is 0 Å². The van der Waals surface area contributed by atoms with Crippen LogP contribution in [0.1, 0.15) is 47.4 Å². The molecule has 1 saturated heterocycles. The van der Waals surface area contributed by atoms with E-state index in [9.17, 15) is 9.59 Å². The molecule has 0 unspecified atom stereocenters. The number of anilines is 2. The summed E-state index contributed by atoms with van der Waals surface area (Å²) < 4.78 is 5.79. The number of para-hydroxylation sites is 2.